The van der Waals surface area contributed by atoms with Crippen molar-refractivity contribution >= 4 is 53.0 Å². The van der Waals surface area contributed by atoms with Crippen LogP contribution in [0, 0.1) is 5.41 Å². The van der Waals surface area contributed by atoms with E-state index in [1.807, 2.05) is 20.1 Å². The first-order valence-corrected chi connectivity index (χ1v) is 19.8. The van der Waals surface area contributed by atoms with Crippen molar-refractivity contribution in [2.45, 2.75) is 103 Å². The number of hydrogen-bond acceptors (Lipinski definition) is 4. The summed E-state index contributed by atoms with van der Waals surface area (Å²) in [6.45, 7) is 11.0. The Kier molecular flexibility index (Phi) is 15.1. The van der Waals surface area contributed by atoms with Gasteiger partial charge in [-0.2, -0.15) is 0 Å². The molecule has 0 saturated heterocycles. The molecule has 0 fully saturated rings. The number of carbonyl (C=O) groups excluding carboxylic acids is 1. The molecule has 0 N–H and O–H groups in total. The Bertz CT molecular complexity index is 378. The van der Waals surface area contributed by atoms with E-state index in [9.17, 15) is 4.79 Å². The summed E-state index contributed by atoms with van der Waals surface area (Å²) in [6, 6.07) is 0. The van der Waals surface area contributed by atoms with E-state index in [-0.39, 0.29) is 5.41 Å². The molecule has 26 heavy (non-hydrogen) atoms. The molecule has 0 aromatic rings. The summed E-state index contributed by atoms with van der Waals surface area (Å²) in [6.07, 6.45) is 12.8. The van der Waals surface area contributed by atoms with Gasteiger partial charge in [0.25, 0.3) is 0 Å². The Morgan fingerprint density at radius 2 is 1.54 bits per heavy atom. The number of aldehydes is 1. The molecule has 0 aliphatic carbocycles. The van der Waals surface area contributed by atoms with Gasteiger partial charge in [0, 0.05) is 0 Å². The van der Waals surface area contributed by atoms with Crippen molar-refractivity contribution in [3.8, 4) is 0 Å². The molecule has 0 aromatic heterocycles. The van der Waals surface area contributed by atoms with E-state index in [0.717, 1.165) is 19.1 Å². The third-order valence-electron chi connectivity index (χ3n) is 5.54. The van der Waals surface area contributed by atoms with Gasteiger partial charge in [-0.1, -0.05) is 0 Å². The third-order valence-corrected chi connectivity index (χ3v) is 23.2. The fraction of sp³-hybridized carbons (Fsp3) is 0.905. The second-order valence-corrected chi connectivity index (χ2v) is 23.7. The summed E-state index contributed by atoms with van der Waals surface area (Å²) in [5.41, 5.74) is -0.263. The topological polar surface area (TPSA) is 26.3 Å². The number of carbonyl (C=O) groups is 1. The number of hydrogen-bond donors (Lipinski definition) is 0. The molecule has 0 bridgehead atoms. The Hall–Kier alpha value is 0.709. The number of ether oxygens (including phenoxy) is 1. The third kappa shape index (κ3) is 10.3. The molecule has 1 unspecified atom stereocenters. The monoisotopic (exact) mass is 510 g/mol. The van der Waals surface area contributed by atoms with Crippen LogP contribution in [-0.4, -0.2) is 39.4 Å². The Morgan fingerprint density at radius 1 is 1.08 bits per heavy atom. The zero-order valence-electron chi connectivity index (χ0n) is 18.1. The van der Waals surface area contributed by atoms with Crippen LogP contribution in [0.5, 0.6) is 0 Å². The average molecular weight is 509 g/mol. The van der Waals surface area contributed by atoms with Crippen LogP contribution in [0.1, 0.15) is 86.0 Å². The molecule has 5 heteroatoms. The molecule has 0 rings (SSSR count). The zero-order chi connectivity index (χ0) is 20.1. The van der Waals surface area contributed by atoms with E-state index in [1.54, 1.807) is 11.8 Å². The van der Waals surface area contributed by atoms with Gasteiger partial charge in [-0.05, 0) is 0 Å². The predicted molar refractivity (Wildman–Crippen MR) is 125 cm³/mol. The van der Waals surface area contributed by atoms with Crippen molar-refractivity contribution < 1.29 is 9.53 Å². The average Bonchev–Trinajstić information content (AvgIpc) is 2.64. The first-order chi connectivity index (χ1) is 12.3. The van der Waals surface area contributed by atoms with Gasteiger partial charge in [-0.3, -0.25) is 0 Å². The minimum atomic E-state index is -2.54. The molecule has 0 amide bonds. The summed E-state index contributed by atoms with van der Waals surface area (Å²) in [5.74, 6) is 0. The summed E-state index contributed by atoms with van der Waals surface area (Å²) >= 11 is 4.49. The summed E-state index contributed by atoms with van der Waals surface area (Å²) in [7, 11) is 0. The molecular formula is C21H42O2S2Sn. The van der Waals surface area contributed by atoms with Crippen molar-refractivity contribution in [1.82, 2.24) is 0 Å². The van der Waals surface area contributed by atoms with E-state index in [2.05, 4.69) is 20.8 Å². The molecule has 0 aromatic carbocycles. The van der Waals surface area contributed by atoms with Gasteiger partial charge < -0.3 is 0 Å². The summed E-state index contributed by atoms with van der Waals surface area (Å²) in [4.78, 5) is 11.4. The van der Waals surface area contributed by atoms with Crippen molar-refractivity contribution in [1.29, 1.82) is 0 Å². The van der Waals surface area contributed by atoms with Gasteiger partial charge in [0.05, 0.1) is 0 Å². The molecule has 0 heterocycles. The normalized spacial score (nSPS) is 13.5. The second-order valence-electron chi connectivity index (χ2n) is 8.38. The molecule has 1 atom stereocenters. The van der Waals surface area contributed by atoms with E-state index in [4.69, 9.17) is 17.0 Å². The van der Waals surface area contributed by atoms with Crippen LogP contribution in [0.2, 0.25) is 13.3 Å². The summed E-state index contributed by atoms with van der Waals surface area (Å²) in [5, 5.41) is 0. The fourth-order valence-corrected chi connectivity index (χ4v) is 21.6. The molecular weight excluding hydrogens is 467 g/mol. The van der Waals surface area contributed by atoms with Gasteiger partial charge in [0.1, 0.15) is 0 Å². The van der Waals surface area contributed by atoms with E-state index >= 15 is 0 Å². The minimum absolute atomic E-state index is 0.263. The quantitative estimate of drug-likeness (QED) is 0.130. The van der Waals surface area contributed by atoms with Crippen LogP contribution in [-0.2, 0) is 9.53 Å². The Morgan fingerprint density at radius 3 is 1.88 bits per heavy atom. The SMILES string of the molecule is CCC[CH2][Sn]([CH2]CCC)([CH2]CCC)[CH](CCC(C)(C)C=O)OC(=S)SC. The van der Waals surface area contributed by atoms with Crippen LogP contribution in [0.4, 0.5) is 0 Å². The van der Waals surface area contributed by atoms with Gasteiger partial charge in [0.2, 0.25) is 0 Å². The second kappa shape index (κ2) is 14.7. The number of rotatable bonds is 15. The standard InChI is InChI=1S/C9H15O2S2.3C4H9.Sn/c1-9(2,7-10)5-4-6-11-8(12)13-3;3*1-3-4-2;/h6-7H,4-5H2,1-3H3;3*1,3-4H2,2H3;. The van der Waals surface area contributed by atoms with Gasteiger partial charge in [-0.25, -0.2) is 0 Å². The van der Waals surface area contributed by atoms with Crippen molar-refractivity contribution in [2.75, 3.05) is 6.26 Å². The molecule has 0 aliphatic rings. The number of thioether (sulfide) groups is 1. The van der Waals surface area contributed by atoms with Gasteiger partial charge >= 0.3 is 178 Å². The Balaban J connectivity index is 5.64. The fourth-order valence-electron chi connectivity index (χ4n) is 3.66. The van der Waals surface area contributed by atoms with Gasteiger partial charge in [-0.15, -0.1) is 0 Å². The van der Waals surface area contributed by atoms with E-state index < -0.39 is 18.4 Å². The molecule has 2 nitrogen and oxygen atoms in total. The number of thiocarbonyl (C=S) groups is 1. The molecule has 0 aliphatic heterocycles. The van der Waals surface area contributed by atoms with Gasteiger partial charge in [0.15, 0.2) is 0 Å². The first-order valence-electron chi connectivity index (χ1n) is 10.5. The van der Waals surface area contributed by atoms with Crippen LogP contribution in [0.3, 0.4) is 0 Å². The van der Waals surface area contributed by atoms with E-state index in [1.165, 1.54) is 51.8 Å². The van der Waals surface area contributed by atoms with Crippen LogP contribution >= 0.6 is 24.0 Å². The molecule has 0 saturated carbocycles. The molecule has 0 spiro atoms. The first kappa shape index (κ1) is 26.7. The summed E-state index contributed by atoms with van der Waals surface area (Å²) < 4.78 is 11.7. The van der Waals surface area contributed by atoms with Crippen molar-refractivity contribution in [3.05, 3.63) is 0 Å². The zero-order valence-corrected chi connectivity index (χ0v) is 22.6. The van der Waals surface area contributed by atoms with Crippen molar-refractivity contribution in [3.63, 3.8) is 0 Å². The number of unbranched alkanes of at least 4 members (excludes halogenated alkanes) is 3. The predicted octanol–water partition coefficient (Wildman–Crippen LogP) is 7.41. The van der Waals surface area contributed by atoms with Crippen LogP contribution in [0.25, 0.3) is 0 Å². The van der Waals surface area contributed by atoms with Crippen LogP contribution in [0.15, 0.2) is 0 Å². The van der Waals surface area contributed by atoms with Crippen molar-refractivity contribution in [2.24, 2.45) is 5.41 Å². The Labute approximate surface area is 176 Å². The van der Waals surface area contributed by atoms with Crippen LogP contribution < -0.4 is 0 Å². The maximum absolute atomic E-state index is 11.4. The molecule has 154 valence electrons. The van der Waals surface area contributed by atoms with E-state index in [0.29, 0.717) is 8.50 Å². The maximum atomic E-state index is 11.4. The molecule has 0 radical (unpaired) electrons.